The molecule has 2 atom stereocenters. The fourth-order valence-corrected chi connectivity index (χ4v) is 5.48. The number of carboxylic acid groups (broad SMARTS) is 1. The number of hydrogen-bond acceptors (Lipinski definition) is 8. The van der Waals surface area contributed by atoms with Gasteiger partial charge >= 0.3 is 5.97 Å². The molecule has 0 aliphatic carbocycles. The highest BCUT2D eigenvalue weighted by Gasteiger charge is 2.25. The fourth-order valence-electron chi connectivity index (χ4n) is 4.51. The molecule has 3 rings (SSSR count). The second-order valence-corrected chi connectivity index (χ2v) is 11.4. The van der Waals surface area contributed by atoms with E-state index in [4.69, 9.17) is 15.6 Å². The largest absolute Gasteiger partial charge is 0.507 e. The number of ether oxygens (including phenoxy) is 1. The summed E-state index contributed by atoms with van der Waals surface area (Å²) in [4.78, 5) is 10.5. The molecule has 3 aromatic rings. The van der Waals surface area contributed by atoms with Gasteiger partial charge in [-0.2, -0.15) is 0 Å². The first-order valence-electron chi connectivity index (χ1n) is 12.1. The normalized spacial score (nSPS) is 13.2. The second kappa shape index (κ2) is 11.8. The molecule has 0 bridgehead atoms. The molecule has 0 fully saturated rings. The van der Waals surface area contributed by atoms with Gasteiger partial charge in [-0.05, 0) is 66.8 Å². The van der Waals surface area contributed by atoms with Crippen LogP contribution < -0.4 is 15.8 Å². The summed E-state index contributed by atoms with van der Waals surface area (Å²) in [5.41, 5.74) is 10.9. The van der Waals surface area contributed by atoms with Crippen molar-refractivity contribution in [3.05, 3.63) is 70.8 Å². The molecule has 0 amide bonds. The van der Waals surface area contributed by atoms with Crippen molar-refractivity contribution in [2.75, 3.05) is 25.1 Å². The summed E-state index contributed by atoms with van der Waals surface area (Å²) in [7, 11) is -3.78. The minimum absolute atomic E-state index is 0.0152. The van der Waals surface area contributed by atoms with Gasteiger partial charge in [0, 0.05) is 24.4 Å². The Morgan fingerprint density at radius 1 is 1.08 bits per heavy atom. The van der Waals surface area contributed by atoms with Crippen LogP contribution in [0.15, 0.2) is 53.4 Å². The molecular formula is C28H34N2O7S. The van der Waals surface area contributed by atoms with Gasteiger partial charge in [0.2, 0.25) is 0 Å². The van der Waals surface area contributed by atoms with Crippen LogP contribution in [-0.4, -0.2) is 55.2 Å². The molecule has 0 saturated carbocycles. The predicted octanol–water partition coefficient (Wildman–Crippen LogP) is 3.38. The van der Waals surface area contributed by atoms with E-state index in [1.807, 2.05) is 50.2 Å². The number of rotatable bonds is 11. The van der Waals surface area contributed by atoms with Crippen molar-refractivity contribution in [2.45, 2.75) is 44.2 Å². The van der Waals surface area contributed by atoms with Crippen molar-refractivity contribution < 1.29 is 33.3 Å². The Bertz CT molecular complexity index is 1400. The number of nitrogens with two attached hydrogens (primary N) is 1. The maximum absolute atomic E-state index is 12.0. The highest BCUT2D eigenvalue weighted by molar-refractivity contribution is 7.91. The van der Waals surface area contributed by atoms with E-state index in [1.54, 1.807) is 6.92 Å². The molecule has 3 aromatic carbocycles. The maximum Gasteiger partial charge on any atom is 0.307 e. The smallest absolute Gasteiger partial charge is 0.307 e. The Hall–Kier alpha value is -3.60. The van der Waals surface area contributed by atoms with Gasteiger partial charge in [0.05, 0.1) is 18.2 Å². The van der Waals surface area contributed by atoms with Crippen molar-refractivity contribution in [1.29, 1.82) is 0 Å². The van der Waals surface area contributed by atoms with Crippen molar-refractivity contribution in [3.8, 4) is 22.6 Å². The second-order valence-electron chi connectivity index (χ2n) is 9.42. The predicted molar refractivity (Wildman–Crippen MR) is 146 cm³/mol. The number of sulfone groups is 1. The lowest BCUT2D eigenvalue weighted by Crippen LogP contribution is -2.35. The average Bonchev–Trinajstić information content (AvgIpc) is 2.81. The molecule has 38 heavy (non-hydrogen) atoms. The van der Waals surface area contributed by atoms with E-state index in [9.17, 15) is 23.4 Å². The zero-order valence-corrected chi connectivity index (χ0v) is 22.7. The zero-order chi connectivity index (χ0) is 28.2. The molecule has 0 aliphatic rings. The zero-order valence-electron chi connectivity index (χ0n) is 21.9. The summed E-state index contributed by atoms with van der Waals surface area (Å²) >= 11 is 0. The maximum atomic E-state index is 12.0. The van der Waals surface area contributed by atoms with Crippen LogP contribution in [0.5, 0.6) is 11.5 Å². The number of aliphatic carboxylic acids is 1. The summed E-state index contributed by atoms with van der Waals surface area (Å²) in [6.45, 7) is 6.44. The summed E-state index contributed by atoms with van der Waals surface area (Å²) in [5, 5.41) is 32.8. The van der Waals surface area contributed by atoms with Gasteiger partial charge in [0.25, 0.3) is 0 Å². The number of aliphatic hydroxyl groups is 1. The van der Waals surface area contributed by atoms with Crippen LogP contribution in [0.4, 0.5) is 5.69 Å². The van der Waals surface area contributed by atoms with Crippen LogP contribution in [0.1, 0.15) is 35.3 Å². The molecule has 0 heterocycles. The number of aryl methyl sites for hydroxylation is 2. The number of carbonyl (C=O) groups is 1. The number of aromatic hydroxyl groups is 1. The van der Waals surface area contributed by atoms with Crippen LogP contribution in [0, 0.1) is 13.8 Å². The molecule has 6 N–H and O–H groups in total. The van der Waals surface area contributed by atoms with Crippen LogP contribution in [0.3, 0.4) is 0 Å². The van der Waals surface area contributed by atoms with Crippen LogP contribution in [-0.2, 0) is 21.1 Å². The Morgan fingerprint density at radius 2 is 1.68 bits per heavy atom. The number of carboxylic acids is 1. The van der Waals surface area contributed by atoms with Gasteiger partial charge in [0.15, 0.2) is 9.84 Å². The molecule has 0 saturated heterocycles. The van der Waals surface area contributed by atoms with Gasteiger partial charge < -0.3 is 31.1 Å². The van der Waals surface area contributed by atoms with Crippen LogP contribution in [0.25, 0.3) is 11.1 Å². The SMILES string of the molecule is Cc1cc(OCCN[C@@H](C)[C@H](O)c2ccc(O)c(S(C)(=O)=O)c2N)cc(C)c1-c1ccc(CC(=O)O)cc1. The highest BCUT2D eigenvalue weighted by Crippen LogP contribution is 2.35. The summed E-state index contributed by atoms with van der Waals surface area (Å²) < 4.78 is 29.9. The number of phenols is 1. The van der Waals surface area contributed by atoms with Gasteiger partial charge in [-0.25, -0.2) is 8.42 Å². The number of phenolic OH excluding ortho intramolecular Hbond substituents is 1. The van der Waals surface area contributed by atoms with E-state index in [2.05, 4.69) is 5.32 Å². The average molecular weight is 543 g/mol. The van der Waals surface area contributed by atoms with E-state index in [-0.39, 0.29) is 17.7 Å². The number of nitrogens with one attached hydrogen (secondary N) is 1. The number of anilines is 1. The van der Waals surface area contributed by atoms with E-state index >= 15 is 0 Å². The third-order valence-corrected chi connectivity index (χ3v) is 7.48. The minimum Gasteiger partial charge on any atom is -0.507 e. The van der Waals surface area contributed by atoms with E-state index in [0.717, 1.165) is 34.1 Å². The third kappa shape index (κ3) is 6.83. The lowest BCUT2D eigenvalue weighted by atomic mass is 9.94. The summed E-state index contributed by atoms with van der Waals surface area (Å²) in [5.74, 6) is -0.626. The molecule has 0 radical (unpaired) electrons. The van der Waals surface area contributed by atoms with Crippen molar-refractivity contribution in [3.63, 3.8) is 0 Å². The Labute approximate surface area is 222 Å². The summed E-state index contributed by atoms with van der Waals surface area (Å²) in [6.07, 6.45) is -0.179. The fraction of sp³-hybridized carbons (Fsp3) is 0.321. The number of hydrogen-bond donors (Lipinski definition) is 5. The monoisotopic (exact) mass is 542 g/mol. The van der Waals surface area contributed by atoms with Crippen LogP contribution in [0.2, 0.25) is 0 Å². The molecule has 0 spiro atoms. The standard InChI is InChI=1S/C28H34N2O7S/c1-16-13-21(14-17(2)25(16)20-7-5-19(6-8-20)15-24(32)33)37-12-11-30-18(3)27(34)22-9-10-23(31)28(26(22)29)38(4,35)36/h5-10,13-14,18,27,30-31,34H,11-12,15,29H2,1-4H3,(H,32,33)/t18-,27-/m0/s1. The molecular weight excluding hydrogens is 508 g/mol. The lowest BCUT2D eigenvalue weighted by Gasteiger charge is -2.23. The molecule has 204 valence electrons. The molecule has 9 nitrogen and oxygen atoms in total. The van der Waals surface area contributed by atoms with Crippen molar-refractivity contribution in [1.82, 2.24) is 5.32 Å². The Kier molecular flexibility index (Phi) is 9.03. The van der Waals surface area contributed by atoms with Crippen molar-refractivity contribution >= 4 is 21.5 Å². The summed E-state index contributed by atoms with van der Waals surface area (Å²) in [6, 6.07) is 13.5. The molecule has 0 aromatic heterocycles. The van der Waals surface area contributed by atoms with E-state index < -0.39 is 38.6 Å². The van der Waals surface area contributed by atoms with E-state index in [0.29, 0.717) is 18.9 Å². The van der Waals surface area contributed by atoms with E-state index in [1.165, 1.54) is 12.1 Å². The first kappa shape index (κ1) is 29.0. The first-order chi connectivity index (χ1) is 17.8. The van der Waals surface area contributed by atoms with Gasteiger partial charge in [-0.3, -0.25) is 4.79 Å². The lowest BCUT2D eigenvalue weighted by molar-refractivity contribution is -0.136. The van der Waals surface area contributed by atoms with Gasteiger partial charge in [0.1, 0.15) is 23.0 Å². The first-order valence-corrected chi connectivity index (χ1v) is 14.0. The molecule has 0 aliphatic heterocycles. The topological polar surface area (TPSA) is 159 Å². The third-order valence-electron chi connectivity index (χ3n) is 6.31. The Balaban J connectivity index is 1.61. The number of nitrogen functional groups attached to an aromatic ring is 1. The Morgan fingerprint density at radius 3 is 2.24 bits per heavy atom. The van der Waals surface area contributed by atoms with Crippen molar-refractivity contribution in [2.24, 2.45) is 0 Å². The number of benzene rings is 3. The highest BCUT2D eigenvalue weighted by atomic mass is 32.2. The minimum atomic E-state index is -3.78. The van der Waals surface area contributed by atoms with Gasteiger partial charge in [-0.15, -0.1) is 0 Å². The molecule has 0 unspecified atom stereocenters. The van der Waals surface area contributed by atoms with Crippen LogP contribution >= 0.6 is 0 Å². The molecule has 10 heteroatoms. The van der Waals surface area contributed by atoms with Gasteiger partial charge in [-0.1, -0.05) is 30.3 Å². The number of aliphatic hydroxyl groups excluding tert-OH is 1. The quantitative estimate of drug-likeness (QED) is 0.181.